The van der Waals surface area contributed by atoms with Crippen molar-refractivity contribution in [2.75, 3.05) is 11.5 Å². The number of hydrogen-bond donors (Lipinski definition) is 0. The molecule has 2 heterocycles. The Labute approximate surface area is 245 Å². The number of esters is 1. The molecule has 3 aromatic carbocycles. The van der Waals surface area contributed by atoms with Gasteiger partial charge in [-0.05, 0) is 50.1 Å². The van der Waals surface area contributed by atoms with E-state index in [1.807, 2.05) is 25.1 Å². The number of imide groups is 1. The maximum absolute atomic E-state index is 13.3. The highest BCUT2D eigenvalue weighted by atomic mass is 16.6. The van der Waals surface area contributed by atoms with Crippen LogP contribution in [0.3, 0.4) is 0 Å². The van der Waals surface area contributed by atoms with Gasteiger partial charge in [0.2, 0.25) is 17.6 Å². The molecule has 0 unspecified atom stereocenters. The van der Waals surface area contributed by atoms with E-state index in [0.717, 1.165) is 11.6 Å². The number of aryl methyl sites for hydroxylation is 1. The topological polar surface area (TPSA) is 137 Å². The van der Waals surface area contributed by atoms with E-state index in [-0.39, 0.29) is 40.5 Å². The summed E-state index contributed by atoms with van der Waals surface area (Å²) >= 11 is 0. The fourth-order valence-electron chi connectivity index (χ4n) is 5.58. The van der Waals surface area contributed by atoms with Crippen molar-refractivity contribution in [2.45, 2.75) is 19.8 Å². The number of ketones is 1. The zero-order valence-electron chi connectivity index (χ0n) is 23.1. The highest BCUT2D eigenvalue weighted by Crippen LogP contribution is 2.38. The molecule has 0 spiro atoms. The summed E-state index contributed by atoms with van der Waals surface area (Å²) in [5, 5.41) is 11.6. The Morgan fingerprint density at radius 3 is 2.33 bits per heavy atom. The molecule has 4 aromatic rings. The summed E-state index contributed by atoms with van der Waals surface area (Å²) in [6.45, 7) is 1.27. The highest BCUT2D eigenvalue weighted by Gasteiger charge is 2.47. The number of aromatic nitrogens is 1. The van der Waals surface area contributed by atoms with Crippen LogP contribution in [0.1, 0.15) is 39.1 Å². The largest absolute Gasteiger partial charge is 0.454 e. The number of ether oxygens (including phenoxy) is 1. The fraction of sp³-hybridized carbons (Fsp3) is 0.182. The summed E-state index contributed by atoms with van der Waals surface area (Å²) in [5.41, 5.74) is 3.02. The van der Waals surface area contributed by atoms with Crippen molar-refractivity contribution in [1.29, 1.82) is 0 Å². The molecule has 0 bridgehead atoms. The molecule has 2 atom stereocenters. The normalized spacial score (nSPS) is 17.7. The zero-order valence-corrected chi connectivity index (χ0v) is 23.1. The lowest BCUT2D eigenvalue weighted by molar-refractivity contribution is -0.384. The molecule has 6 rings (SSSR count). The van der Waals surface area contributed by atoms with Gasteiger partial charge in [-0.2, -0.15) is 0 Å². The molecule has 43 heavy (non-hydrogen) atoms. The van der Waals surface area contributed by atoms with Crippen LogP contribution in [0.5, 0.6) is 0 Å². The Morgan fingerprint density at radius 1 is 0.953 bits per heavy atom. The number of allylic oxidation sites excluding steroid dienone is 2. The van der Waals surface area contributed by atoms with Crippen molar-refractivity contribution < 1.29 is 28.8 Å². The Bertz CT molecular complexity index is 1840. The van der Waals surface area contributed by atoms with Gasteiger partial charge in [-0.15, -0.1) is 0 Å². The van der Waals surface area contributed by atoms with Gasteiger partial charge in [0.05, 0.1) is 39.2 Å². The maximum Gasteiger partial charge on any atom is 0.339 e. The predicted molar refractivity (Wildman–Crippen MR) is 157 cm³/mol. The molecule has 2 amide bonds. The zero-order chi connectivity index (χ0) is 30.2. The number of fused-ring (bicyclic) bond motifs is 2. The molecule has 2 aliphatic rings. The first kappa shape index (κ1) is 27.6. The van der Waals surface area contributed by atoms with Gasteiger partial charge in [-0.25, -0.2) is 9.78 Å². The van der Waals surface area contributed by atoms with E-state index in [1.54, 1.807) is 42.5 Å². The van der Waals surface area contributed by atoms with Gasteiger partial charge >= 0.3 is 5.97 Å². The second-order valence-corrected chi connectivity index (χ2v) is 10.6. The SMILES string of the molecule is Cc1ccc2nc(-c3ccc(N4C(=O)[C@H]5CC=CC[C@@H]5C4=O)cc3)cc(C(=O)OCC(=O)c3cccc([N+](=O)[O-])c3)c2c1. The smallest absolute Gasteiger partial charge is 0.339 e. The van der Waals surface area contributed by atoms with Gasteiger partial charge in [0.1, 0.15) is 0 Å². The quantitative estimate of drug-likeness (QED) is 0.0692. The summed E-state index contributed by atoms with van der Waals surface area (Å²) in [5.74, 6) is -2.39. The average Bonchev–Trinajstić information content (AvgIpc) is 3.28. The van der Waals surface area contributed by atoms with Crippen molar-refractivity contribution in [1.82, 2.24) is 4.98 Å². The Balaban J connectivity index is 1.27. The molecule has 0 N–H and O–H groups in total. The third kappa shape index (κ3) is 5.19. The van der Waals surface area contributed by atoms with Crippen LogP contribution in [-0.4, -0.2) is 40.1 Å². The summed E-state index contributed by atoms with van der Waals surface area (Å²) < 4.78 is 5.37. The van der Waals surface area contributed by atoms with Crippen molar-refractivity contribution in [3.05, 3.63) is 112 Å². The molecular weight excluding hydrogens is 550 g/mol. The number of non-ortho nitro benzene ring substituents is 1. The van der Waals surface area contributed by atoms with Gasteiger partial charge < -0.3 is 4.74 Å². The molecular formula is C33H25N3O7. The van der Waals surface area contributed by atoms with E-state index in [1.165, 1.54) is 23.1 Å². The number of carbonyl (C=O) groups is 4. The Morgan fingerprint density at radius 2 is 1.65 bits per heavy atom. The average molecular weight is 576 g/mol. The lowest BCUT2D eigenvalue weighted by Crippen LogP contribution is -2.30. The maximum atomic E-state index is 13.3. The minimum Gasteiger partial charge on any atom is -0.454 e. The summed E-state index contributed by atoms with van der Waals surface area (Å²) in [6, 6.07) is 19.1. The molecule has 10 nitrogen and oxygen atoms in total. The number of benzene rings is 3. The van der Waals surface area contributed by atoms with E-state index in [9.17, 15) is 29.3 Å². The summed E-state index contributed by atoms with van der Waals surface area (Å²) in [6.07, 6.45) is 5.00. The minimum atomic E-state index is -0.751. The lowest BCUT2D eigenvalue weighted by Gasteiger charge is -2.15. The number of carbonyl (C=O) groups excluding carboxylic acids is 4. The van der Waals surface area contributed by atoms with Crippen molar-refractivity contribution in [2.24, 2.45) is 11.8 Å². The summed E-state index contributed by atoms with van der Waals surface area (Å²) in [4.78, 5) is 68.4. The van der Waals surface area contributed by atoms with E-state index >= 15 is 0 Å². The fourth-order valence-corrected chi connectivity index (χ4v) is 5.58. The van der Waals surface area contributed by atoms with Gasteiger partial charge in [0, 0.05) is 28.6 Å². The molecule has 0 radical (unpaired) electrons. The van der Waals surface area contributed by atoms with Crippen molar-refractivity contribution in [3.8, 4) is 11.3 Å². The van der Waals surface area contributed by atoms with E-state index in [2.05, 4.69) is 0 Å². The number of hydrogen-bond acceptors (Lipinski definition) is 8. The number of nitro groups is 1. The number of pyridine rings is 1. The third-order valence-corrected chi connectivity index (χ3v) is 7.83. The predicted octanol–water partition coefficient (Wildman–Crippen LogP) is 5.61. The van der Waals surface area contributed by atoms with E-state index in [4.69, 9.17) is 9.72 Å². The first-order chi connectivity index (χ1) is 20.7. The second kappa shape index (κ2) is 11.1. The molecule has 1 aliphatic heterocycles. The number of amides is 2. The van der Waals surface area contributed by atoms with Crippen molar-refractivity contribution in [3.63, 3.8) is 0 Å². The van der Waals surface area contributed by atoms with Gasteiger partial charge in [-0.3, -0.25) is 29.4 Å². The molecule has 10 heteroatoms. The Kier molecular flexibility index (Phi) is 7.11. The number of nitro benzene ring substituents is 1. The van der Waals surface area contributed by atoms with E-state index < -0.39 is 23.3 Å². The Hall–Kier alpha value is -5.51. The molecule has 1 aliphatic carbocycles. The molecule has 1 fully saturated rings. The first-order valence-corrected chi connectivity index (χ1v) is 13.7. The van der Waals surface area contributed by atoms with Crippen LogP contribution >= 0.6 is 0 Å². The number of anilines is 1. The van der Waals surface area contributed by atoms with Gasteiger partial charge in [0.25, 0.3) is 5.69 Å². The molecule has 0 saturated carbocycles. The van der Waals surface area contributed by atoms with Crippen LogP contribution in [0.25, 0.3) is 22.2 Å². The monoisotopic (exact) mass is 575 g/mol. The van der Waals surface area contributed by atoms with Gasteiger partial charge in [-0.1, -0.05) is 48.0 Å². The molecule has 1 saturated heterocycles. The summed E-state index contributed by atoms with van der Waals surface area (Å²) in [7, 11) is 0. The van der Waals surface area contributed by atoms with Crippen LogP contribution in [0, 0.1) is 28.9 Å². The minimum absolute atomic E-state index is 0.0590. The lowest BCUT2D eigenvalue weighted by atomic mass is 9.85. The van der Waals surface area contributed by atoms with Gasteiger partial charge in [0.15, 0.2) is 6.61 Å². The third-order valence-electron chi connectivity index (χ3n) is 7.83. The number of rotatable bonds is 7. The van der Waals surface area contributed by atoms with Crippen LogP contribution < -0.4 is 4.90 Å². The molecule has 214 valence electrons. The van der Waals surface area contributed by atoms with Crippen LogP contribution in [0.2, 0.25) is 0 Å². The first-order valence-electron chi connectivity index (χ1n) is 13.7. The van der Waals surface area contributed by atoms with E-state index in [0.29, 0.717) is 40.7 Å². The van der Waals surface area contributed by atoms with Crippen molar-refractivity contribution >= 4 is 45.8 Å². The van der Waals surface area contributed by atoms with Crippen LogP contribution in [0.15, 0.2) is 84.9 Å². The van der Waals surface area contributed by atoms with Crippen LogP contribution in [0.4, 0.5) is 11.4 Å². The molecule has 1 aromatic heterocycles. The number of nitrogens with zero attached hydrogens (tertiary/aromatic N) is 3. The van der Waals surface area contributed by atoms with Crippen LogP contribution in [-0.2, 0) is 14.3 Å². The highest BCUT2D eigenvalue weighted by molar-refractivity contribution is 6.22. The number of Topliss-reactive ketones (excluding diaryl/α,β-unsaturated/α-hetero) is 1. The standard InChI is InChI=1S/C33H25N3O7/c1-19-9-14-28-26(15-19)27(33(40)43-18-30(37)21-5-4-6-23(16-21)36(41)42)17-29(34-28)20-10-12-22(13-11-20)35-31(38)24-7-2-3-8-25(24)32(35)39/h2-6,9-17,24-25H,7-8,18H2,1H3/t24-,25-/m0/s1. The second-order valence-electron chi connectivity index (χ2n) is 10.6.